The van der Waals surface area contributed by atoms with Crippen molar-refractivity contribution in [3.63, 3.8) is 0 Å². The average molecular weight is 292 g/mol. The quantitative estimate of drug-likeness (QED) is 0.670. The second-order valence-electron chi connectivity index (χ2n) is 3.98. The summed E-state index contributed by atoms with van der Waals surface area (Å²) in [6.07, 6.45) is 1.55. The first-order valence-corrected chi connectivity index (χ1v) is 6.43. The summed E-state index contributed by atoms with van der Waals surface area (Å²) in [4.78, 5) is 16.0. The van der Waals surface area contributed by atoms with E-state index in [-0.39, 0.29) is 11.1 Å². The molecule has 5 nitrogen and oxygen atoms in total. The minimum absolute atomic E-state index is 0.236. The van der Waals surface area contributed by atoms with Crippen LogP contribution >= 0.6 is 11.6 Å². The van der Waals surface area contributed by atoms with Crippen LogP contribution in [0.4, 0.5) is 11.4 Å². The summed E-state index contributed by atoms with van der Waals surface area (Å²) < 4.78 is 5.32. The van der Waals surface area contributed by atoms with Gasteiger partial charge in [-0.1, -0.05) is 11.6 Å². The molecule has 0 aliphatic rings. The van der Waals surface area contributed by atoms with Crippen LogP contribution in [0.5, 0.6) is 5.75 Å². The first-order chi connectivity index (χ1) is 9.61. The zero-order valence-electron chi connectivity index (χ0n) is 10.9. The molecule has 0 saturated heterocycles. The van der Waals surface area contributed by atoms with E-state index in [1.165, 1.54) is 0 Å². The molecule has 6 heteroatoms. The molecule has 0 saturated carbocycles. The number of pyridine rings is 1. The van der Waals surface area contributed by atoms with Crippen molar-refractivity contribution in [3.8, 4) is 5.75 Å². The number of aromatic nitrogens is 1. The summed E-state index contributed by atoms with van der Waals surface area (Å²) in [7, 11) is 0. The van der Waals surface area contributed by atoms with Gasteiger partial charge in [-0.2, -0.15) is 0 Å². The standard InChI is InChI=1S/C14H14ClN3O2/c1-2-20-12-6-5-9(8-10(12)16)14(19)18-11-4-3-7-17-13(11)15/h3-8H,2,16H2,1H3,(H,18,19). The fraction of sp³-hybridized carbons (Fsp3) is 0.143. The van der Waals surface area contributed by atoms with Crippen molar-refractivity contribution in [1.82, 2.24) is 4.98 Å². The normalized spacial score (nSPS) is 10.1. The summed E-state index contributed by atoms with van der Waals surface area (Å²) in [6, 6.07) is 8.23. The molecule has 1 aromatic heterocycles. The Kier molecular flexibility index (Phi) is 4.42. The Bertz CT molecular complexity index is 632. The molecule has 2 aromatic rings. The van der Waals surface area contributed by atoms with Crippen LogP contribution < -0.4 is 15.8 Å². The number of amides is 1. The lowest BCUT2D eigenvalue weighted by atomic mass is 10.1. The highest BCUT2D eigenvalue weighted by Gasteiger charge is 2.11. The highest BCUT2D eigenvalue weighted by Crippen LogP contribution is 2.24. The van der Waals surface area contributed by atoms with E-state index < -0.39 is 0 Å². The number of hydrogen-bond donors (Lipinski definition) is 2. The van der Waals surface area contributed by atoms with Crippen LogP contribution in [0, 0.1) is 0 Å². The number of nitrogen functional groups attached to an aromatic ring is 1. The number of ether oxygens (including phenoxy) is 1. The summed E-state index contributed by atoms with van der Waals surface area (Å²) in [5.41, 5.74) is 7.11. The third-order valence-electron chi connectivity index (χ3n) is 2.58. The largest absolute Gasteiger partial charge is 0.492 e. The molecule has 1 aromatic carbocycles. The van der Waals surface area contributed by atoms with E-state index >= 15 is 0 Å². The van der Waals surface area contributed by atoms with Crippen molar-refractivity contribution >= 4 is 28.9 Å². The van der Waals surface area contributed by atoms with Gasteiger partial charge in [-0.25, -0.2) is 4.98 Å². The van der Waals surface area contributed by atoms with Crippen LogP contribution in [0.2, 0.25) is 5.15 Å². The Morgan fingerprint density at radius 1 is 1.45 bits per heavy atom. The molecule has 20 heavy (non-hydrogen) atoms. The summed E-state index contributed by atoms with van der Waals surface area (Å²) in [5, 5.41) is 2.91. The van der Waals surface area contributed by atoms with Crippen molar-refractivity contribution in [2.75, 3.05) is 17.7 Å². The maximum Gasteiger partial charge on any atom is 0.255 e. The average Bonchev–Trinajstić information content (AvgIpc) is 2.43. The van der Waals surface area contributed by atoms with E-state index in [1.807, 2.05) is 6.92 Å². The Morgan fingerprint density at radius 2 is 2.25 bits per heavy atom. The lowest BCUT2D eigenvalue weighted by molar-refractivity contribution is 0.102. The van der Waals surface area contributed by atoms with Gasteiger partial charge in [-0.05, 0) is 37.3 Å². The predicted octanol–water partition coefficient (Wildman–Crippen LogP) is 2.97. The number of anilines is 2. The van der Waals surface area contributed by atoms with Gasteiger partial charge in [0.25, 0.3) is 5.91 Å². The first kappa shape index (κ1) is 14.1. The molecule has 1 heterocycles. The molecule has 1 amide bonds. The molecular formula is C14H14ClN3O2. The second kappa shape index (κ2) is 6.25. The number of benzene rings is 1. The zero-order valence-corrected chi connectivity index (χ0v) is 11.6. The summed E-state index contributed by atoms with van der Waals surface area (Å²) in [5.74, 6) is 0.248. The summed E-state index contributed by atoms with van der Waals surface area (Å²) in [6.45, 7) is 2.38. The molecule has 0 spiro atoms. The molecule has 2 rings (SSSR count). The SMILES string of the molecule is CCOc1ccc(C(=O)Nc2cccnc2Cl)cc1N. The van der Waals surface area contributed by atoms with E-state index in [0.29, 0.717) is 29.3 Å². The number of nitrogens with one attached hydrogen (secondary N) is 1. The summed E-state index contributed by atoms with van der Waals surface area (Å²) >= 11 is 5.88. The second-order valence-corrected chi connectivity index (χ2v) is 4.34. The van der Waals surface area contributed by atoms with Gasteiger partial charge >= 0.3 is 0 Å². The topological polar surface area (TPSA) is 77.2 Å². The van der Waals surface area contributed by atoms with Crippen molar-refractivity contribution in [2.24, 2.45) is 0 Å². The van der Waals surface area contributed by atoms with E-state index in [1.54, 1.807) is 36.5 Å². The molecule has 0 radical (unpaired) electrons. The molecule has 0 bridgehead atoms. The number of carbonyl (C=O) groups is 1. The van der Waals surface area contributed by atoms with Crippen LogP contribution in [0.15, 0.2) is 36.5 Å². The van der Waals surface area contributed by atoms with E-state index in [2.05, 4.69) is 10.3 Å². The van der Waals surface area contributed by atoms with Crippen LogP contribution in [-0.2, 0) is 0 Å². The van der Waals surface area contributed by atoms with Crippen LogP contribution in [0.1, 0.15) is 17.3 Å². The van der Waals surface area contributed by atoms with Crippen LogP contribution in [-0.4, -0.2) is 17.5 Å². The van der Waals surface area contributed by atoms with Crippen molar-refractivity contribution < 1.29 is 9.53 Å². The third-order valence-corrected chi connectivity index (χ3v) is 2.88. The monoisotopic (exact) mass is 291 g/mol. The van der Waals surface area contributed by atoms with Gasteiger partial charge in [0.2, 0.25) is 0 Å². The smallest absolute Gasteiger partial charge is 0.255 e. The van der Waals surface area contributed by atoms with Crippen molar-refractivity contribution in [1.29, 1.82) is 0 Å². The number of rotatable bonds is 4. The minimum Gasteiger partial charge on any atom is -0.492 e. The number of nitrogens with zero attached hydrogens (tertiary/aromatic N) is 1. The van der Waals surface area contributed by atoms with Gasteiger partial charge in [0, 0.05) is 11.8 Å². The Labute approximate surface area is 121 Å². The van der Waals surface area contributed by atoms with Gasteiger partial charge in [0.15, 0.2) is 5.15 Å². The Balaban J connectivity index is 2.18. The molecule has 0 aliphatic heterocycles. The number of carbonyl (C=O) groups excluding carboxylic acids is 1. The molecule has 3 N–H and O–H groups in total. The Morgan fingerprint density at radius 3 is 2.90 bits per heavy atom. The molecule has 0 fully saturated rings. The van der Waals surface area contributed by atoms with E-state index in [4.69, 9.17) is 22.1 Å². The zero-order chi connectivity index (χ0) is 14.5. The molecule has 104 valence electrons. The highest BCUT2D eigenvalue weighted by atomic mass is 35.5. The number of halogens is 1. The number of hydrogen-bond acceptors (Lipinski definition) is 4. The van der Waals surface area contributed by atoms with Gasteiger partial charge < -0.3 is 15.8 Å². The van der Waals surface area contributed by atoms with Crippen LogP contribution in [0.25, 0.3) is 0 Å². The highest BCUT2D eigenvalue weighted by molar-refractivity contribution is 6.32. The predicted molar refractivity (Wildman–Crippen MR) is 79.2 cm³/mol. The maximum atomic E-state index is 12.1. The van der Waals surface area contributed by atoms with Gasteiger partial charge in [0.1, 0.15) is 5.75 Å². The van der Waals surface area contributed by atoms with E-state index in [0.717, 1.165) is 0 Å². The third kappa shape index (κ3) is 3.19. The fourth-order valence-electron chi connectivity index (χ4n) is 1.65. The molecule has 0 atom stereocenters. The van der Waals surface area contributed by atoms with Gasteiger partial charge in [0.05, 0.1) is 18.0 Å². The molecular weight excluding hydrogens is 278 g/mol. The van der Waals surface area contributed by atoms with Crippen molar-refractivity contribution in [3.05, 3.63) is 47.2 Å². The number of nitrogens with two attached hydrogens (primary N) is 1. The van der Waals surface area contributed by atoms with E-state index in [9.17, 15) is 4.79 Å². The van der Waals surface area contributed by atoms with Gasteiger partial charge in [-0.3, -0.25) is 4.79 Å². The fourth-order valence-corrected chi connectivity index (χ4v) is 1.82. The maximum absolute atomic E-state index is 12.1. The molecule has 0 unspecified atom stereocenters. The van der Waals surface area contributed by atoms with Crippen molar-refractivity contribution in [2.45, 2.75) is 6.92 Å². The molecule has 0 aliphatic carbocycles. The van der Waals surface area contributed by atoms with Crippen LogP contribution in [0.3, 0.4) is 0 Å². The Hall–Kier alpha value is -2.27. The lowest BCUT2D eigenvalue weighted by Gasteiger charge is -2.09. The van der Waals surface area contributed by atoms with Gasteiger partial charge in [-0.15, -0.1) is 0 Å². The minimum atomic E-state index is -0.311. The lowest BCUT2D eigenvalue weighted by Crippen LogP contribution is -2.13. The first-order valence-electron chi connectivity index (χ1n) is 6.06.